The molecule has 0 aromatic carbocycles. The van der Waals surface area contributed by atoms with E-state index in [-0.39, 0.29) is 0 Å². The third-order valence-corrected chi connectivity index (χ3v) is 10.6. The first kappa shape index (κ1) is 19.4. The molecule has 1 heterocycles. The highest BCUT2D eigenvalue weighted by molar-refractivity contribution is 9.09. The molecule has 0 spiro atoms. The molecule has 27 heavy (non-hydrogen) atoms. The van der Waals surface area contributed by atoms with Crippen LogP contribution in [-0.2, 0) is 4.74 Å². The number of epoxide rings is 1. The van der Waals surface area contributed by atoms with Crippen LogP contribution in [0.4, 0.5) is 0 Å². The number of alkyl halides is 1. The molecule has 1 saturated heterocycles. The zero-order valence-corrected chi connectivity index (χ0v) is 18.9. The normalized spacial score (nSPS) is 57.8. The van der Waals surface area contributed by atoms with Crippen LogP contribution in [0.2, 0.25) is 0 Å². The summed E-state index contributed by atoms with van der Waals surface area (Å²) in [5.41, 5.74) is 0.116. The Kier molecular flexibility index (Phi) is 5.01. The van der Waals surface area contributed by atoms with E-state index in [2.05, 4.69) is 29.8 Å². The maximum Gasteiger partial charge on any atom is 0.0941 e. The Hall–Kier alpha value is 0.400. The minimum atomic E-state index is -0.390. The fraction of sp³-hybridized carbons (Fsp3) is 1.00. The molecule has 0 bridgehead atoms. The minimum Gasteiger partial charge on any atom is -0.390 e. The number of rotatable bonds is 2. The van der Waals surface area contributed by atoms with Crippen LogP contribution >= 0.6 is 15.9 Å². The lowest BCUT2D eigenvalue weighted by atomic mass is 9.46. The van der Waals surface area contributed by atoms with Crippen LogP contribution in [0, 0.1) is 40.9 Å². The summed E-state index contributed by atoms with van der Waals surface area (Å²) < 4.78 is 6.15. The van der Waals surface area contributed by atoms with Gasteiger partial charge in [0.15, 0.2) is 0 Å². The summed E-state index contributed by atoms with van der Waals surface area (Å²) in [4.78, 5) is 0. The van der Waals surface area contributed by atoms with Crippen LogP contribution in [0.15, 0.2) is 0 Å². The quantitative estimate of drug-likeness (QED) is 0.426. The highest BCUT2D eigenvalue weighted by atomic mass is 79.9. The minimum absolute atomic E-state index is 0.390. The van der Waals surface area contributed by atoms with Crippen LogP contribution in [0.25, 0.3) is 0 Å². The van der Waals surface area contributed by atoms with Gasteiger partial charge in [-0.05, 0) is 106 Å². The Balaban J connectivity index is 1.38. The highest BCUT2D eigenvalue weighted by Gasteiger charge is 2.59. The summed E-state index contributed by atoms with van der Waals surface area (Å²) in [6.45, 7) is 4.74. The Bertz CT molecular complexity index is 563. The van der Waals surface area contributed by atoms with Crippen LogP contribution in [-0.4, -0.2) is 28.2 Å². The summed E-state index contributed by atoms with van der Waals surface area (Å²) in [5, 5.41) is 11.6. The van der Waals surface area contributed by atoms with E-state index in [0.29, 0.717) is 17.6 Å². The summed E-state index contributed by atoms with van der Waals surface area (Å²) in [6.07, 6.45) is 15.8. The van der Waals surface area contributed by atoms with Gasteiger partial charge >= 0.3 is 0 Å². The molecule has 0 radical (unpaired) electrons. The second-order valence-corrected chi connectivity index (χ2v) is 12.1. The van der Waals surface area contributed by atoms with Gasteiger partial charge in [0.25, 0.3) is 0 Å². The molecule has 5 aliphatic rings. The van der Waals surface area contributed by atoms with Crippen molar-refractivity contribution in [2.75, 3.05) is 5.33 Å². The standard InChI is InChI=1S/C24H39BrO2/c1-23(26)11-9-16-15(13-23)7-8-18-17(16)10-12-24(2)19(18)5-3-4-6-20(24)22-21(14-25)27-22/h15-22,26H,3-14H2,1-2H3/t15-,16+,17-,18?,19?,20+,21?,22?,23-,24+/m1/s1. The van der Waals surface area contributed by atoms with Gasteiger partial charge in [0.1, 0.15) is 0 Å². The van der Waals surface area contributed by atoms with Gasteiger partial charge in [-0.25, -0.2) is 0 Å². The molecule has 4 saturated carbocycles. The van der Waals surface area contributed by atoms with Gasteiger partial charge in [0.2, 0.25) is 0 Å². The monoisotopic (exact) mass is 438 g/mol. The number of hydrogen-bond donors (Lipinski definition) is 1. The van der Waals surface area contributed by atoms with Gasteiger partial charge in [-0.3, -0.25) is 0 Å². The Morgan fingerprint density at radius 3 is 2.37 bits per heavy atom. The van der Waals surface area contributed by atoms with E-state index in [1.54, 1.807) is 0 Å². The van der Waals surface area contributed by atoms with Gasteiger partial charge in [0, 0.05) is 5.33 Å². The Morgan fingerprint density at radius 2 is 1.63 bits per heavy atom. The number of fused-ring (bicyclic) bond motifs is 5. The third-order valence-electron chi connectivity index (χ3n) is 9.97. The van der Waals surface area contributed by atoms with E-state index in [0.717, 1.165) is 53.7 Å². The Labute approximate surface area is 174 Å². The molecule has 5 fully saturated rings. The van der Waals surface area contributed by atoms with Crippen molar-refractivity contribution < 1.29 is 9.84 Å². The van der Waals surface area contributed by atoms with Gasteiger partial charge in [-0.15, -0.1) is 0 Å². The number of aliphatic hydroxyl groups is 1. The molecule has 0 amide bonds. The maximum atomic E-state index is 10.6. The van der Waals surface area contributed by atoms with Crippen molar-refractivity contribution in [1.29, 1.82) is 0 Å². The molecule has 1 N–H and O–H groups in total. The fourth-order valence-corrected chi connectivity index (χ4v) is 9.19. The molecular formula is C24H39BrO2. The largest absolute Gasteiger partial charge is 0.390 e. The zero-order valence-electron chi connectivity index (χ0n) is 17.3. The lowest BCUT2D eigenvalue weighted by Gasteiger charge is -2.59. The third kappa shape index (κ3) is 3.26. The topological polar surface area (TPSA) is 32.8 Å². The van der Waals surface area contributed by atoms with Crippen molar-refractivity contribution in [3.8, 4) is 0 Å². The van der Waals surface area contributed by atoms with E-state index in [4.69, 9.17) is 4.74 Å². The maximum absolute atomic E-state index is 10.6. The van der Waals surface area contributed by atoms with E-state index < -0.39 is 5.60 Å². The fourth-order valence-electron chi connectivity index (χ4n) is 8.67. The van der Waals surface area contributed by atoms with Crippen molar-refractivity contribution in [3.63, 3.8) is 0 Å². The van der Waals surface area contributed by atoms with Crippen molar-refractivity contribution in [2.45, 2.75) is 102 Å². The highest BCUT2D eigenvalue weighted by Crippen LogP contribution is 2.64. The van der Waals surface area contributed by atoms with Crippen molar-refractivity contribution in [3.05, 3.63) is 0 Å². The molecule has 5 rings (SSSR count). The van der Waals surface area contributed by atoms with Gasteiger partial charge in [-0.2, -0.15) is 0 Å². The molecule has 4 aliphatic carbocycles. The smallest absolute Gasteiger partial charge is 0.0941 e. The lowest BCUT2D eigenvalue weighted by Crippen LogP contribution is -2.52. The molecule has 0 aromatic rings. The average molecular weight is 439 g/mol. The van der Waals surface area contributed by atoms with Crippen LogP contribution < -0.4 is 0 Å². The first-order valence-electron chi connectivity index (χ1n) is 11.9. The second-order valence-electron chi connectivity index (χ2n) is 11.4. The predicted molar refractivity (Wildman–Crippen MR) is 113 cm³/mol. The van der Waals surface area contributed by atoms with Gasteiger partial charge in [-0.1, -0.05) is 35.7 Å². The van der Waals surface area contributed by atoms with Crippen LogP contribution in [0.5, 0.6) is 0 Å². The van der Waals surface area contributed by atoms with Gasteiger partial charge in [0.05, 0.1) is 17.8 Å². The number of halogens is 1. The summed E-state index contributed by atoms with van der Waals surface area (Å²) >= 11 is 3.67. The van der Waals surface area contributed by atoms with E-state index >= 15 is 0 Å². The number of ether oxygens (including phenoxy) is 1. The van der Waals surface area contributed by atoms with E-state index in [1.165, 1.54) is 57.8 Å². The summed E-state index contributed by atoms with van der Waals surface area (Å²) in [7, 11) is 0. The van der Waals surface area contributed by atoms with Crippen molar-refractivity contribution in [2.24, 2.45) is 40.9 Å². The molecule has 3 heteroatoms. The van der Waals surface area contributed by atoms with E-state index in [9.17, 15) is 5.11 Å². The molecule has 1 aliphatic heterocycles. The molecule has 10 atom stereocenters. The van der Waals surface area contributed by atoms with E-state index in [1.807, 2.05) is 0 Å². The van der Waals surface area contributed by atoms with Gasteiger partial charge < -0.3 is 9.84 Å². The molecule has 4 unspecified atom stereocenters. The average Bonchev–Trinajstić information content (AvgIpc) is 3.42. The SMILES string of the molecule is C[C@@]1(O)CC[C@H]2[C@H](CCC3C4CCCC[C@@H](C5OC5CBr)[C@@]4(C)CC[C@@H]32)C1. The second kappa shape index (κ2) is 6.98. The Morgan fingerprint density at radius 1 is 0.889 bits per heavy atom. The van der Waals surface area contributed by atoms with Crippen molar-refractivity contribution in [1.82, 2.24) is 0 Å². The first-order valence-corrected chi connectivity index (χ1v) is 13.0. The first-order chi connectivity index (χ1) is 12.9. The molecular weight excluding hydrogens is 400 g/mol. The molecule has 154 valence electrons. The summed E-state index contributed by atoms with van der Waals surface area (Å²) in [6, 6.07) is 0. The van der Waals surface area contributed by atoms with Crippen molar-refractivity contribution >= 4 is 15.9 Å². The number of hydrogen-bond acceptors (Lipinski definition) is 2. The van der Waals surface area contributed by atoms with Crippen LogP contribution in [0.3, 0.4) is 0 Å². The zero-order chi connectivity index (χ0) is 18.8. The lowest BCUT2D eigenvalue weighted by molar-refractivity contribution is -0.115. The predicted octanol–water partition coefficient (Wildman–Crippen LogP) is 5.95. The van der Waals surface area contributed by atoms with Crippen LogP contribution in [0.1, 0.15) is 84.5 Å². The summed E-state index contributed by atoms with van der Waals surface area (Å²) in [5.74, 6) is 5.32. The molecule has 2 nitrogen and oxygen atoms in total. The molecule has 0 aromatic heterocycles.